The summed E-state index contributed by atoms with van der Waals surface area (Å²) in [5.74, 6) is -0.523. The highest BCUT2D eigenvalue weighted by Gasteiger charge is 2.51. The van der Waals surface area contributed by atoms with Gasteiger partial charge in [-0.2, -0.15) is 4.57 Å². The standard InChI is InChI=1S/C24H30BNO10/c1-3-6-34-18-8-13(4-5-17(18)33-2)14-7-15(16-9-25(32)35-12-16)11-26(10-14)23-21(29)19(27)20(28)22(36-23)24(30)31/h4-5,7-8,10-11,16,19-23,27-29,32H,3,6,9,12H2,1-2H3/p+1/t16-,19?,20-,21+,22-,23?/m0/s1. The zero-order valence-electron chi connectivity index (χ0n) is 20.1. The smallest absolute Gasteiger partial charge is 0.454 e. The van der Waals surface area contributed by atoms with E-state index in [1.165, 1.54) is 4.57 Å². The number of benzene rings is 1. The topological polar surface area (TPSA) is 159 Å². The molecule has 2 aliphatic rings. The Hall–Kier alpha value is -2.74. The van der Waals surface area contributed by atoms with Gasteiger partial charge in [-0.05, 0) is 36.5 Å². The Morgan fingerprint density at radius 3 is 2.53 bits per heavy atom. The fourth-order valence-corrected chi connectivity index (χ4v) is 4.48. The Labute approximate surface area is 208 Å². The zero-order valence-corrected chi connectivity index (χ0v) is 20.1. The lowest BCUT2D eigenvalue weighted by Gasteiger charge is -2.35. The molecular weight excluding hydrogens is 473 g/mol. The number of aliphatic hydroxyl groups is 3. The number of aliphatic carboxylic acids is 1. The first-order valence-corrected chi connectivity index (χ1v) is 11.8. The summed E-state index contributed by atoms with van der Waals surface area (Å²) in [7, 11) is 0.640. The average Bonchev–Trinajstić information content (AvgIpc) is 3.31. The van der Waals surface area contributed by atoms with Crippen LogP contribution in [0.25, 0.3) is 11.1 Å². The number of hydrogen-bond donors (Lipinski definition) is 5. The van der Waals surface area contributed by atoms with Crippen molar-refractivity contribution >= 4 is 13.1 Å². The van der Waals surface area contributed by atoms with Crippen LogP contribution in [-0.2, 0) is 14.2 Å². The molecular formula is C24H31BNO10+. The van der Waals surface area contributed by atoms with Crippen LogP contribution >= 0.6 is 0 Å². The largest absolute Gasteiger partial charge is 0.493 e. The van der Waals surface area contributed by atoms with E-state index in [1.807, 2.05) is 25.1 Å². The van der Waals surface area contributed by atoms with Crippen LogP contribution < -0.4 is 14.0 Å². The third-order valence-corrected chi connectivity index (χ3v) is 6.44. The molecule has 0 aliphatic carbocycles. The Kier molecular flexibility index (Phi) is 8.13. The van der Waals surface area contributed by atoms with Gasteiger partial charge in [0.25, 0.3) is 6.23 Å². The van der Waals surface area contributed by atoms with E-state index < -0.39 is 43.7 Å². The Bertz CT molecular complexity index is 1080. The summed E-state index contributed by atoms with van der Waals surface area (Å²) in [5.41, 5.74) is 2.18. The molecule has 12 heteroatoms. The van der Waals surface area contributed by atoms with Gasteiger partial charge in [0.2, 0.25) is 0 Å². The van der Waals surface area contributed by atoms with Gasteiger partial charge in [0.15, 0.2) is 36.1 Å². The van der Waals surface area contributed by atoms with E-state index in [-0.39, 0.29) is 12.5 Å². The van der Waals surface area contributed by atoms with Crippen LogP contribution in [0.1, 0.15) is 31.1 Å². The molecule has 2 aromatic rings. The molecule has 1 aromatic heterocycles. The summed E-state index contributed by atoms with van der Waals surface area (Å²) in [5, 5.41) is 50.5. The number of carbonyl (C=O) groups is 1. The number of pyridine rings is 1. The summed E-state index contributed by atoms with van der Waals surface area (Å²) in [4.78, 5) is 11.6. The zero-order chi connectivity index (χ0) is 26.0. The van der Waals surface area contributed by atoms with E-state index in [0.717, 1.165) is 17.5 Å². The molecule has 1 aromatic carbocycles. The second kappa shape index (κ2) is 11.1. The molecule has 11 nitrogen and oxygen atoms in total. The number of nitrogens with zero attached hydrogens (tertiary/aromatic N) is 1. The minimum absolute atomic E-state index is 0.174. The molecule has 0 radical (unpaired) electrons. The van der Waals surface area contributed by atoms with Crippen LogP contribution in [0.3, 0.4) is 0 Å². The predicted octanol–water partition coefficient (Wildman–Crippen LogP) is 0.0975. The number of rotatable bonds is 8. The highest BCUT2D eigenvalue weighted by Crippen LogP contribution is 2.35. The number of ether oxygens (including phenoxy) is 3. The van der Waals surface area contributed by atoms with Gasteiger partial charge in [-0.3, -0.25) is 0 Å². The minimum Gasteiger partial charge on any atom is -0.493 e. The first-order valence-electron chi connectivity index (χ1n) is 11.8. The summed E-state index contributed by atoms with van der Waals surface area (Å²) < 4.78 is 23.6. The Balaban J connectivity index is 1.79. The predicted molar refractivity (Wildman–Crippen MR) is 125 cm³/mol. The third kappa shape index (κ3) is 5.34. The van der Waals surface area contributed by atoms with Crippen molar-refractivity contribution in [3.05, 3.63) is 42.2 Å². The molecule has 0 spiro atoms. The van der Waals surface area contributed by atoms with Gasteiger partial charge in [-0.15, -0.1) is 0 Å². The van der Waals surface area contributed by atoms with Gasteiger partial charge < -0.3 is 44.3 Å². The van der Waals surface area contributed by atoms with Gasteiger partial charge >= 0.3 is 13.1 Å². The summed E-state index contributed by atoms with van der Waals surface area (Å²) in [6.45, 7) is 2.76. The number of carboxylic acids is 1. The molecule has 0 amide bonds. The van der Waals surface area contributed by atoms with Crippen LogP contribution in [0.15, 0.2) is 36.7 Å². The lowest BCUT2D eigenvalue weighted by molar-refractivity contribution is -0.777. The van der Waals surface area contributed by atoms with Crippen molar-refractivity contribution < 1.29 is 53.7 Å². The first-order chi connectivity index (χ1) is 17.2. The molecule has 2 saturated heterocycles. The fraction of sp³-hybridized carbons (Fsp3) is 0.500. The molecule has 0 bridgehead atoms. The highest BCUT2D eigenvalue weighted by atomic mass is 16.6. The van der Waals surface area contributed by atoms with Crippen molar-refractivity contribution in [3.63, 3.8) is 0 Å². The number of hydrogen-bond acceptors (Lipinski definition) is 9. The normalized spacial score (nSPS) is 28.2. The number of aliphatic hydroxyl groups excluding tert-OH is 3. The van der Waals surface area contributed by atoms with Gasteiger partial charge in [-0.25, -0.2) is 4.79 Å². The number of carboxylic acid groups (broad SMARTS) is 1. The molecule has 2 fully saturated rings. The molecule has 194 valence electrons. The summed E-state index contributed by atoms with van der Waals surface area (Å²) >= 11 is 0. The van der Waals surface area contributed by atoms with E-state index in [4.69, 9.17) is 18.9 Å². The van der Waals surface area contributed by atoms with Gasteiger partial charge in [-0.1, -0.05) is 13.0 Å². The monoisotopic (exact) mass is 504 g/mol. The molecule has 2 unspecified atom stereocenters. The maximum atomic E-state index is 11.6. The maximum Gasteiger partial charge on any atom is 0.454 e. The molecule has 4 rings (SSSR count). The molecule has 36 heavy (non-hydrogen) atoms. The second-order valence-corrected chi connectivity index (χ2v) is 9.00. The number of methoxy groups -OCH3 is 1. The lowest BCUT2D eigenvalue weighted by Crippen LogP contribution is -2.63. The maximum absolute atomic E-state index is 11.6. The van der Waals surface area contributed by atoms with Crippen LogP contribution in [-0.4, -0.2) is 83.3 Å². The molecule has 5 N–H and O–H groups in total. The lowest BCUT2D eigenvalue weighted by atomic mass is 9.79. The molecule has 3 heterocycles. The van der Waals surface area contributed by atoms with Crippen LogP contribution in [0.2, 0.25) is 6.32 Å². The van der Waals surface area contributed by atoms with Gasteiger partial charge in [0, 0.05) is 23.7 Å². The SMILES string of the molecule is CCCOc1cc(-c2cc([C@@H]3COB(O)C3)c[n+](C3O[C@H](C(=O)O)[C@@H](O)C(O)[C@H]3O)c2)ccc1OC. The Morgan fingerprint density at radius 2 is 1.89 bits per heavy atom. The number of aromatic nitrogens is 1. The summed E-state index contributed by atoms with van der Waals surface area (Å²) in [6, 6.07) is 7.32. The van der Waals surface area contributed by atoms with Crippen molar-refractivity contribution in [2.45, 2.75) is 56.2 Å². The molecule has 6 atom stereocenters. The van der Waals surface area contributed by atoms with Crippen LogP contribution in [0.5, 0.6) is 11.5 Å². The molecule has 0 saturated carbocycles. The van der Waals surface area contributed by atoms with Crippen molar-refractivity contribution in [1.29, 1.82) is 0 Å². The second-order valence-electron chi connectivity index (χ2n) is 9.00. The average molecular weight is 504 g/mol. The summed E-state index contributed by atoms with van der Waals surface area (Å²) in [6.07, 6.45) is -3.71. The van der Waals surface area contributed by atoms with E-state index in [1.54, 1.807) is 25.6 Å². The van der Waals surface area contributed by atoms with E-state index in [2.05, 4.69) is 0 Å². The van der Waals surface area contributed by atoms with E-state index in [9.17, 15) is 30.2 Å². The third-order valence-electron chi connectivity index (χ3n) is 6.44. The van der Waals surface area contributed by atoms with Crippen molar-refractivity contribution in [2.75, 3.05) is 20.3 Å². The van der Waals surface area contributed by atoms with Gasteiger partial charge in [0.1, 0.15) is 12.2 Å². The fourth-order valence-electron chi connectivity index (χ4n) is 4.48. The van der Waals surface area contributed by atoms with Crippen molar-refractivity contribution in [3.8, 4) is 22.6 Å². The van der Waals surface area contributed by atoms with Crippen molar-refractivity contribution in [2.24, 2.45) is 0 Å². The quantitative estimate of drug-likeness (QED) is 0.247. The highest BCUT2D eigenvalue weighted by molar-refractivity contribution is 6.43. The van der Waals surface area contributed by atoms with Gasteiger partial charge in [0.05, 0.1) is 13.7 Å². The molecule has 2 aliphatic heterocycles. The van der Waals surface area contributed by atoms with Crippen LogP contribution in [0, 0.1) is 0 Å². The van der Waals surface area contributed by atoms with E-state index in [0.29, 0.717) is 30.0 Å². The van der Waals surface area contributed by atoms with Crippen molar-refractivity contribution in [1.82, 2.24) is 0 Å². The van der Waals surface area contributed by atoms with Crippen LogP contribution in [0.4, 0.5) is 0 Å². The first kappa shape index (κ1) is 26.3. The Morgan fingerprint density at radius 1 is 1.11 bits per heavy atom. The minimum atomic E-state index is -1.80. The van der Waals surface area contributed by atoms with E-state index >= 15 is 0 Å².